The first-order chi connectivity index (χ1) is 8.74. The van der Waals surface area contributed by atoms with Gasteiger partial charge in [-0.1, -0.05) is 17.7 Å². The van der Waals surface area contributed by atoms with Crippen LogP contribution in [0.25, 0.3) is 0 Å². The molecule has 0 bridgehead atoms. The predicted molar refractivity (Wildman–Crippen MR) is 73.0 cm³/mol. The van der Waals surface area contributed by atoms with Crippen LogP contribution in [-0.4, -0.2) is 41.0 Å². The van der Waals surface area contributed by atoms with Crippen molar-refractivity contribution in [1.82, 2.24) is 5.32 Å². The van der Waals surface area contributed by atoms with E-state index in [-0.39, 0.29) is 0 Å². The molecule has 4 nitrogen and oxygen atoms in total. The van der Waals surface area contributed by atoms with Gasteiger partial charge in [-0.25, -0.2) is 0 Å². The van der Waals surface area contributed by atoms with E-state index in [2.05, 4.69) is 5.32 Å². The first kappa shape index (κ1) is 15.1. The molecular weight excluding hydrogens is 254 g/mol. The van der Waals surface area contributed by atoms with Gasteiger partial charge in [0.25, 0.3) is 0 Å². The third-order valence-corrected chi connectivity index (χ3v) is 3.03. The minimum atomic E-state index is 0.591. The summed E-state index contributed by atoms with van der Waals surface area (Å²) in [6, 6.07) is 3.83. The van der Waals surface area contributed by atoms with Gasteiger partial charge in [-0.3, -0.25) is 0 Å². The lowest BCUT2D eigenvalue weighted by Crippen LogP contribution is -2.21. The minimum absolute atomic E-state index is 0.591. The molecule has 0 saturated heterocycles. The topological polar surface area (TPSA) is 39.7 Å². The van der Waals surface area contributed by atoms with E-state index >= 15 is 0 Å². The highest BCUT2D eigenvalue weighted by atomic mass is 35.5. The molecule has 1 N–H and O–H groups in total. The zero-order valence-electron chi connectivity index (χ0n) is 11.1. The van der Waals surface area contributed by atoms with Crippen molar-refractivity contribution in [2.45, 2.75) is 6.42 Å². The number of benzene rings is 1. The fourth-order valence-electron chi connectivity index (χ4n) is 1.65. The van der Waals surface area contributed by atoms with Crippen molar-refractivity contribution in [1.29, 1.82) is 0 Å². The summed E-state index contributed by atoms with van der Waals surface area (Å²) in [7, 11) is 4.87. The van der Waals surface area contributed by atoms with Gasteiger partial charge in [0.05, 0.1) is 25.8 Å². The normalized spacial score (nSPS) is 10.4. The van der Waals surface area contributed by atoms with Crippen LogP contribution in [0.1, 0.15) is 5.56 Å². The Labute approximate surface area is 113 Å². The van der Waals surface area contributed by atoms with Crippen LogP contribution in [-0.2, 0) is 11.2 Å². The number of hydrogen-bond donors (Lipinski definition) is 1. The molecule has 0 unspecified atom stereocenters. The molecule has 5 heteroatoms. The van der Waals surface area contributed by atoms with E-state index < -0.39 is 0 Å². The average molecular weight is 274 g/mol. The van der Waals surface area contributed by atoms with Gasteiger partial charge in [0.2, 0.25) is 0 Å². The number of methoxy groups -OCH3 is 3. The molecule has 102 valence electrons. The average Bonchev–Trinajstić information content (AvgIpc) is 2.39. The number of rotatable bonds is 8. The zero-order chi connectivity index (χ0) is 13.4. The molecule has 0 atom stereocenters. The Kier molecular flexibility index (Phi) is 6.86. The van der Waals surface area contributed by atoms with E-state index in [0.29, 0.717) is 23.1 Å². The van der Waals surface area contributed by atoms with Gasteiger partial charge in [0.1, 0.15) is 0 Å². The maximum absolute atomic E-state index is 6.28. The van der Waals surface area contributed by atoms with E-state index in [0.717, 1.165) is 25.1 Å². The van der Waals surface area contributed by atoms with Crippen LogP contribution in [0, 0.1) is 0 Å². The third kappa shape index (κ3) is 4.05. The summed E-state index contributed by atoms with van der Waals surface area (Å²) >= 11 is 6.28. The van der Waals surface area contributed by atoms with Gasteiger partial charge in [-0.2, -0.15) is 0 Å². The lowest BCUT2D eigenvalue weighted by Gasteiger charge is -2.13. The number of halogens is 1. The quantitative estimate of drug-likeness (QED) is 0.737. The Morgan fingerprint density at radius 1 is 1.11 bits per heavy atom. The van der Waals surface area contributed by atoms with E-state index in [1.165, 1.54) is 0 Å². The second-order valence-electron chi connectivity index (χ2n) is 3.77. The Hall–Kier alpha value is -0.970. The molecule has 1 aromatic rings. The van der Waals surface area contributed by atoms with Gasteiger partial charge in [-0.15, -0.1) is 0 Å². The molecule has 0 aromatic heterocycles. The molecule has 0 fully saturated rings. The van der Waals surface area contributed by atoms with Crippen molar-refractivity contribution >= 4 is 11.6 Å². The highest BCUT2D eigenvalue weighted by Crippen LogP contribution is 2.37. The zero-order valence-corrected chi connectivity index (χ0v) is 11.8. The van der Waals surface area contributed by atoms with E-state index in [1.807, 2.05) is 12.1 Å². The Bertz CT molecular complexity index is 371. The van der Waals surface area contributed by atoms with Crippen molar-refractivity contribution in [3.05, 3.63) is 22.7 Å². The van der Waals surface area contributed by atoms with Crippen LogP contribution in [0.5, 0.6) is 11.5 Å². The molecule has 0 saturated carbocycles. The Balaban J connectivity index is 2.61. The maximum atomic E-state index is 6.28. The Morgan fingerprint density at radius 2 is 1.89 bits per heavy atom. The summed E-state index contributed by atoms with van der Waals surface area (Å²) in [5.41, 5.74) is 1.04. The van der Waals surface area contributed by atoms with Gasteiger partial charge >= 0.3 is 0 Å². The van der Waals surface area contributed by atoms with Crippen molar-refractivity contribution in [3.63, 3.8) is 0 Å². The summed E-state index contributed by atoms with van der Waals surface area (Å²) in [6.45, 7) is 2.39. The van der Waals surface area contributed by atoms with Crippen molar-refractivity contribution in [3.8, 4) is 11.5 Å². The predicted octanol–water partition coefficient (Wildman–Crippen LogP) is 2.14. The molecule has 1 aromatic carbocycles. The second kappa shape index (κ2) is 8.19. The lowest BCUT2D eigenvalue weighted by atomic mass is 10.1. The minimum Gasteiger partial charge on any atom is -0.493 e. The fourth-order valence-corrected chi connectivity index (χ4v) is 1.97. The number of ether oxygens (including phenoxy) is 3. The molecule has 0 spiro atoms. The first-order valence-electron chi connectivity index (χ1n) is 5.83. The molecule has 0 aliphatic heterocycles. The van der Waals surface area contributed by atoms with Gasteiger partial charge < -0.3 is 19.5 Å². The van der Waals surface area contributed by atoms with Crippen LogP contribution < -0.4 is 14.8 Å². The summed E-state index contributed by atoms with van der Waals surface area (Å²) in [6.07, 6.45) is 0.836. The fraction of sp³-hybridized carbons (Fsp3) is 0.538. The summed E-state index contributed by atoms with van der Waals surface area (Å²) in [5, 5.41) is 3.89. The van der Waals surface area contributed by atoms with Gasteiger partial charge in [0.15, 0.2) is 11.5 Å². The molecule has 0 aliphatic rings. The van der Waals surface area contributed by atoms with Crippen LogP contribution in [0.2, 0.25) is 5.02 Å². The summed E-state index contributed by atoms with van der Waals surface area (Å²) < 4.78 is 15.4. The Morgan fingerprint density at radius 3 is 2.50 bits per heavy atom. The van der Waals surface area contributed by atoms with E-state index in [9.17, 15) is 0 Å². The largest absolute Gasteiger partial charge is 0.493 e. The molecule has 18 heavy (non-hydrogen) atoms. The van der Waals surface area contributed by atoms with Crippen LogP contribution in [0.3, 0.4) is 0 Å². The molecule has 0 aliphatic carbocycles. The van der Waals surface area contributed by atoms with Crippen molar-refractivity contribution in [2.24, 2.45) is 0 Å². The van der Waals surface area contributed by atoms with Crippen LogP contribution >= 0.6 is 11.6 Å². The van der Waals surface area contributed by atoms with Gasteiger partial charge in [0, 0.05) is 13.7 Å². The third-order valence-electron chi connectivity index (χ3n) is 2.62. The molecule has 0 heterocycles. The SMILES string of the molecule is COCCNCCc1ccc(OC)c(OC)c1Cl. The van der Waals surface area contributed by atoms with Crippen LogP contribution in [0.4, 0.5) is 0 Å². The first-order valence-corrected chi connectivity index (χ1v) is 6.21. The van der Waals surface area contributed by atoms with Crippen LogP contribution in [0.15, 0.2) is 12.1 Å². The highest BCUT2D eigenvalue weighted by Gasteiger charge is 2.12. The standard InChI is InChI=1S/C13H20ClNO3/c1-16-9-8-15-7-6-10-4-5-11(17-2)13(18-3)12(10)14/h4-5,15H,6-9H2,1-3H3. The molecular formula is C13H20ClNO3. The molecule has 1 rings (SSSR count). The highest BCUT2D eigenvalue weighted by molar-refractivity contribution is 6.33. The smallest absolute Gasteiger partial charge is 0.179 e. The number of hydrogen-bond acceptors (Lipinski definition) is 4. The summed E-state index contributed by atoms with van der Waals surface area (Å²) in [4.78, 5) is 0. The van der Waals surface area contributed by atoms with Gasteiger partial charge in [-0.05, 0) is 24.6 Å². The van der Waals surface area contributed by atoms with E-state index in [1.54, 1.807) is 21.3 Å². The lowest BCUT2D eigenvalue weighted by molar-refractivity contribution is 0.199. The van der Waals surface area contributed by atoms with Crippen molar-refractivity contribution < 1.29 is 14.2 Å². The summed E-state index contributed by atoms with van der Waals surface area (Å²) in [5.74, 6) is 1.24. The molecule has 0 amide bonds. The second-order valence-corrected chi connectivity index (χ2v) is 4.14. The monoisotopic (exact) mass is 273 g/mol. The van der Waals surface area contributed by atoms with Crippen molar-refractivity contribution in [2.75, 3.05) is 41.0 Å². The molecule has 0 radical (unpaired) electrons. The number of nitrogens with one attached hydrogen (secondary N) is 1. The van der Waals surface area contributed by atoms with E-state index in [4.69, 9.17) is 25.8 Å². The maximum Gasteiger partial charge on any atom is 0.179 e.